The molecule has 2 N–H and O–H groups in total. The number of carbonyl (C=O) groups excluding carboxylic acids is 2. The number of aromatic nitrogens is 2. The molecule has 0 atom stereocenters. The van der Waals surface area contributed by atoms with Crippen molar-refractivity contribution in [3.8, 4) is 22.9 Å². The van der Waals surface area contributed by atoms with Crippen LogP contribution in [0, 0.1) is 11.6 Å². The minimum absolute atomic E-state index is 0.0224. The number of hydrogen-bond donors (Lipinski definition) is 2. The van der Waals surface area contributed by atoms with Crippen LogP contribution in [0.4, 0.5) is 14.5 Å². The lowest BCUT2D eigenvalue weighted by atomic mass is 10.2. The van der Waals surface area contributed by atoms with Crippen LogP contribution in [0.5, 0.6) is 11.5 Å². The van der Waals surface area contributed by atoms with Crippen molar-refractivity contribution in [3.05, 3.63) is 58.6 Å². The van der Waals surface area contributed by atoms with Crippen molar-refractivity contribution in [2.75, 3.05) is 26.1 Å². The van der Waals surface area contributed by atoms with E-state index in [9.17, 15) is 23.2 Å². The Morgan fingerprint density at radius 1 is 1.03 bits per heavy atom. The number of hydrogen-bond acceptors (Lipinski definition) is 7. The van der Waals surface area contributed by atoms with E-state index in [1.54, 1.807) is 18.2 Å². The number of methoxy groups -OCH3 is 2. The van der Waals surface area contributed by atoms with Gasteiger partial charge in [0.25, 0.3) is 0 Å². The Bertz CT molecular complexity index is 1210. The molecule has 0 spiro atoms. The summed E-state index contributed by atoms with van der Waals surface area (Å²) in [6.07, 6.45) is 0. The van der Waals surface area contributed by atoms with Gasteiger partial charge in [-0.3, -0.25) is 14.1 Å². The van der Waals surface area contributed by atoms with Crippen molar-refractivity contribution < 1.29 is 32.4 Å². The van der Waals surface area contributed by atoms with Crippen LogP contribution in [0.15, 0.2) is 45.7 Å². The van der Waals surface area contributed by atoms with Gasteiger partial charge in [-0.1, -0.05) is 5.16 Å². The zero-order valence-electron chi connectivity index (χ0n) is 17.0. The molecule has 32 heavy (non-hydrogen) atoms. The van der Waals surface area contributed by atoms with Gasteiger partial charge in [0.2, 0.25) is 11.8 Å². The summed E-state index contributed by atoms with van der Waals surface area (Å²) < 4.78 is 42.2. The standard InChI is InChI=1S/C20H18F2N4O6/c1-30-15-6-3-11(7-16(15)31-2)19-25-32-20(29)26(19)10-18(28)23-9-17(27)24-12-4-5-13(21)14(22)8-12/h3-8H,9-10H2,1-2H3,(H,23,28)(H,24,27). The second-order valence-corrected chi connectivity index (χ2v) is 6.38. The van der Waals surface area contributed by atoms with Crippen LogP contribution in [0.25, 0.3) is 11.4 Å². The molecule has 0 saturated carbocycles. The van der Waals surface area contributed by atoms with E-state index in [2.05, 4.69) is 20.3 Å². The highest BCUT2D eigenvalue weighted by molar-refractivity contribution is 5.94. The van der Waals surface area contributed by atoms with Gasteiger partial charge in [0.15, 0.2) is 29.0 Å². The highest BCUT2D eigenvalue weighted by Gasteiger charge is 2.18. The summed E-state index contributed by atoms with van der Waals surface area (Å²) in [5.74, 6) is -3.51. The Morgan fingerprint density at radius 3 is 2.47 bits per heavy atom. The zero-order valence-corrected chi connectivity index (χ0v) is 17.0. The molecular weight excluding hydrogens is 430 g/mol. The van der Waals surface area contributed by atoms with Gasteiger partial charge in [0, 0.05) is 17.3 Å². The fourth-order valence-electron chi connectivity index (χ4n) is 2.75. The van der Waals surface area contributed by atoms with Gasteiger partial charge in [-0.15, -0.1) is 0 Å². The van der Waals surface area contributed by atoms with E-state index < -0.39 is 42.3 Å². The maximum absolute atomic E-state index is 13.2. The molecule has 1 heterocycles. The van der Waals surface area contributed by atoms with E-state index in [1.807, 2.05) is 0 Å². The predicted octanol–water partition coefficient (Wildman–Crippen LogP) is 1.55. The average molecular weight is 448 g/mol. The van der Waals surface area contributed by atoms with Gasteiger partial charge in [0.1, 0.15) is 6.54 Å². The minimum atomic E-state index is -1.12. The molecule has 3 aromatic rings. The number of halogens is 2. The second kappa shape index (κ2) is 9.73. The van der Waals surface area contributed by atoms with Crippen molar-refractivity contribution in [1.29, 1.82) is 0 Å². The molecular formula is C20H18F2N4O6. The molecule has 10 nitrogen and oxygen atoms in total. The maximum Gasteiger partial charge on any atom is 0.442 e. The highest BCUT2D eigenvalue weighted by atomic mass is 19.2. The van der Waals surface area contributed by atoms with Gasteiger partial charge in [-0.05, 0) is 30.3 Å². The Kier molecular flexibility index (Phi) is 6.83. The Balaban J connectivity index is 1.66. The average Bonchev–Trinajstić information content (AvgIpc) is 3.14. The van der Waals surface area contributed by atoms with Gasteiger partial charge >= 0.3 is 5.76 Å². The molecule has 0 saturated heterocycles. The lowest BCUT2D eigenvalue weighted by Crippen LogP contribution is -2.36. The summed E-state index contributed by atoms with van der Waals surface area (Å²) in [6, 6.07) is 7.59. The number of benzene rings is 2. The summed E-state index contributed by atoms with van der Waals surface area (Å²) in [4.78, 5) is 36.2. The monoisotopic (exact) mass is 448 g/mol. The number of nitrogens with one attached hydrogen (secondary N) is 2. The van der Waals surface area contributed by atoms with Crippen molar-refractivity contribution in [2.45, 2.75) is 6.54 Å². The van der Waals surface area contributed by atoms with Crippen molar-refractivity contribution in [1.82, 2.24) is 15.0 Å². The van der Waals surface area contributed by atoms with Crippen LogP contribution in [0.1, 0.15) is 0 Å². The second-order valence-electron chi connectivity index (χ2n) is 6.38. The number of rotatable bonds is 8. The first-order chi connectivity index (χ1) is 15.3. The quantitative estimate of drug-likeness (QED) is 0.536. The smallest absolute Gasteiger partial charge is 0.442 e. The fraction of sp³-hybridized carbons (Fsp3) is 0.200. The van der Waals surface area contributed by atoms with Crippen LogP contribution < -0.4 is 25.9 Å². The topological polar surface area (TPSA) is 125 Å². The maximum atomic E-state index is 13.2. The molecule has 1 aromatic heterocycles. The van der Waals surface area contributed by atoms with E-state index in [1.165, 1.54) is 20.3 Å². The van der Waals surface area contributed by atoms with Crippen LogP contribution in [-0.4, -0.2) is 42.3 Å². The number of carbonyl (C=O) groups is 2. The first-order valence-electron chi connectivity index (χ1n) is 9.13. The molecule has 2 amide bonds. The first kappa shape index (κ1) is 22.5. The summed E-state index contributed by atoms with van der Waals surface area (Å²) in [7, 11) is 2.91. The molecule has 0 aliphatic rings. The SMILES string of the molecule is COc1ccc(-c2noc(=O)n2CC(=O)NCC(=O)Nc2ccc(F)c(F)c2)cc1OC. The molecule has 2 aromatic carbocycles. The number of nitrogens with zero attached hydrogens (tertiary/aromatic N) is 2. The Hall–Kier alpha value is -4.22. The molecule has 0 radical (unpaired) electrons. The molecule has 0 unspecified atom stereocenters. The lowest BCUT2D eigenvalue weighted by molar-refractivity contribution is -0.124. The van der Waals surface area contributed by atoms with Gasteiger partial charge in [0.05, 0.1) is 20.8 Å². The normalized spacial score (nSPS) is 10.5. The minimum Gasteiger partial charge on any atom is -0.493 e. The number of amides is 2. The molecule has 0 bridgehead atoms. The van der Waals surface area contributed by atoms with Crippen molar-refractivity contribution >= 4 is 17.5 Å². The summed E-state index contributed by atoms with van der Waals surface area (Å²) in [5.41, 5.74) is 0.450. The number of ether oxygens (including phenoxy) is 2. The fourth-order valence-corrected chi connectivity index (χ4v) is 2.75. The van der Waals surface area contributed by atoms with Crippen LogP contribution in [-0.2, 0) is 16.1 Å². The van der Waals surface area contributed by atoms with E-state index >= 15 is 0 Å². The first-order valence-corrected chi connectivity index (χ1v) is 9.13. The molecule has 0 fully saturated rings. The highest BCUT2D eigenvalue weighted by Crippen LogP contribution is 2.31. The third-order valence-corrected chi connectivity index (χ3v) is 4.28. The molecule has 0 aliphatic heterocycles. The largest absolute Gasteiger partial charge is 0.493 e. The Morgan fingerprint density at radius 2 is 1.78 bits per heavy atom. The van der Waals surface area contributed by atoms with Gasteiger partial charge in [-0.2, -0.15) is 0 Å². The van der Waals surface area contributed by atoms with Crippen molar-refractivity contribution in [2.24, 2.45) is 0 Å². The summed E-state index contributed by atoms with van der Waals surface area (Å²) in [6.45, 7) is -0.950. The summed E-state index contributed by atoms with van der Waals surface area (Å²) >= 11 is 0. The molecule has 168 valence electrons. The number of anilines is 1. The zero-order chi connectivity index (χ0) is 23.3. The van der Waals surface area contributed by atoms with Crippen LogP contribution in [0.2, 0.25) is 0 Å². The Labute approximate surface area is 179 Å². The van der Waals surface area contributed by atoms with E-state index in [4.69, 9.17) is 9.47 Å². The van der Waals surface area contributed by atoms with E-state index in [0.717, 1.165) is 16.7 Å². The molecule has 12 heteroatoms. The van der Waals surface area contributed by atoms with Crippen LogP contribution >= 0.6 is 0 Å². The molecule has 0 aliphatic carbocycles. The van der Waals surface area contributed by atoms with Gasteiger partial charge < -0.3 is 20.1 Å². The van der Waals surface area contributed by atoms with E-state index in [0.29, 0.717) is 17.1 Å². The van der Waals surface area contributed by atoms with E-state index in [-0.39, 0.29) is 11.5 Å². The van der Waals surface area contributed by atoms with Crippen molar-refractivity contribution in [3.63, 3.8) is 0 Å². The third kappa shape index (κ3) is 5.09. The predicted molar refractivity (Wildman–Crippen MR) is 107 cm³/mol. The van der Waals surface area contributed by atoms with Crippen LogP contribution in [0.3, 0.4) is 0 Å². The summed E-state index contributed by atoms with van der Waals surface area (Å²) in [5, 5.41) is 8.32. The molecule has 3 rings (SSSR count). The lowest BCUT2D eigenvalue weighted by Gasteiger charge is -2.10. The van der Waals surface area contributed by atoms with Gasteiger partial charge in [-0.25, -0.2) is 18.1 Å². The third-order valence-electron chi connectivity index (χ3n) is 4.28.